The lowest BCUT2D eigenvalue weighted by atomic mass is 10.1. The zero-order chi connectivity index (χ0) is 9.84. The summed E-state index contributed by atoms with van der Waals surface area (Å²) in [5.74, 6) is 0. The average Bonchev–Trinajstić information content (AvgIpc) is 2.07. The monoisotopic (exact) mass is 217 g/mol. The minimum Gasteiger partial charge on any atom is -0.328 e. The Balaban J connectivity index is 2.63. The van der Waals surface area contributed by atoms with Crippen LogP contribution in [0, 0.1) is 0 Å². The van der Waals surface area contributed by atoms with Crippen molar-refractivity contribution in [3.8, 4) is 0 Å². The van der Waals surface area contributed by atoms with Crippen LogP contribution in [-0.2, 0) is 6.42 Å². The molecule has 0 bridgehead atoms. The predicted octanol–water partition coefficient (Wildman–Crippen LogP) is 3.27. The van der Waals surface area contributed by atoms with Gasteiger partial charge in [0.25, 0.3) is 0 Å². The summed E-state index contributed by atoms with van der Waals surface area (Å²) in [6, 6.07) is 5.93. The topological polar surface area (TPSA) is 26.0 Å². The van der Waals surface area contributed by atoms with E-state index in [0.717, 1.165) is 12.8 Å². The summed E-state index contributed by atoms with van der Waals surface area (Å²) in [6.07, 6.45) is 1.92. The summed E-state index contributed by atoms with van der Waals surface area (Å²) in [5.41, 5.74) is 6.84. The molecule has 0 saturated heterocycles. The number of rotatable bonds is 3. The van der Waals surface area contributed by atoms with Crippen molar-refractivity contribution < 1.29 is 0 Å². The summed E-state index contributed by atoms with van der Waals surface area (Å²) in [5, 5.41) is 1.22. The lowest BCUT2D eigenvalue weighted by molar-refractivity contribution is 0.666. The summed E-state index contributed by atoms with van der Waals surface area (Å²) < 4.78 is 0. The molecule has 0 aliphatic carbocycles. The molecule has 0 aromatic heterocycles. The van der Waals surface area contributed by atoms with Crippen LogP contribution in [0.15, 0.2) is 18.2 Å². The first-order chi connectivity index (χ1) is 6.09. The molecule has 1 atom stereocenters. The molecular formula is C10H13Cl2N. The number of benzene rings is 1. The van der Waals surface area contributed by atoms with Gasteiger partial charge in [-0.1, -0.05) is 29.3 Å². The van der Waals surface area contributed by atoms with E-state index in [-0.39, 0.29) is 6.04 Å². The molecule has 0 aliphatic heterocycles. The van der Waals surface area contributed by atoms with Crippen molar-refractivity contribution in [1.29, 1.82) is 0 Å². The van der Waals surface area contributed by atoms with E-state index >= 15 is 0 Å². The number of aryl methyl sites for hydroxylation is 1. The zero-order valence-electron chi connectivity index (χ0n) is 7.56. The second-order valence-electron chi connectivity index (χ2n) is 3.26. The van der Waals surface area contributed by atoms with Gasteiger partial charge >= 0.3 is 0 Å². The molecule has 13 heavy (non-hydrogen) atoms. The third-order valence-corrected chi connectivity index (χ3v) is 2.61. The molecular weight excluding hydrogens is 205 g/mol. The number of halogens is 2. The number of hydrogen-bond donors (Lipinski definition) is 1. The van der Waals surface area contributed by atoms with Gasteiger partial charge in [-0.3, -0.25) is 0 Å². The van der Waals surface area contributed by atoms with E-state index < -0.39 is 0 Å². The highest BCUT2D eigenvalue weighted by Crippen LogP contribution is 2.23. The molecule has 0 amide bonds. The predicted molar refractivity (Wildman–Crippen MR) is 58.4 cm³/mol. The second-order valence-corrected chi connectivity index (χ2v) is 4.08. The Morgan fingerprint density at radius 3 is 2.54 bits per heavy atom. The number of hydrogen-bond acceptors (Lipinski definition) is 1. The Morgan fingerprint density at radius 2 is 2.00 bits per heavy atom. The molecule has 1 unspecified atom stereocenters. The fourth-order valence-electron chi connectivity index (χ4n) is 1.09. The Bertz CT molecular complexity index is 284. The third-order valence-electron chi connectivity index (χ3n) is 1.87. The van der Waals surface area contributed by atoms with Crippen molar-refractivity contribution in [3.63, 3.8) is 0 Å². The molecule has 1 aromatic carbocycles. The summed E-state index contributed by atoms with van der Waals surface area (Å²) in [4.78, 5) is 0. The van der Waals surface area contributed by atoms with E-state index in [4.69, 9.17) is 28.9 Å². The average molecular weight is 218 g/mol. The molecule has 1 rings (SSSR count). The standard InChI is InChI=1S/C10H13Cl2N/c1-7(13)2-3-8-4-5-9(11)10(12)6-8/h4-7H,2-3,13H2,1H3. The first kappa shape index (κ1) is 10.8. The van der Waals surface area contributed by atoms with Crippen molar-refractivity contribution in [2.75, 3.05) is 0 Å². The molecule has 72 valence electrons. The Hall–Kier alpha value is -0.240. The van der Waals surface area contributed by atoms with E-state index in [1.807, 2.05) is 25.1 Å². The zero-order valence-corrected chi connectivity index (χ0v) is 9.07. The van der Waals surface area contributed by atoms with Crippen LogP contribution >= 0.6 is 23.2 Å². The van der Waals surface area contributed by atoms with Crippen LogP contribution in [0.2, 0.25) is 10.0 Å². The third kappa shape index (κ3) is 3.55. The van der Waals surface area contributed by atoms with Gasteiger partial charge in [0, 0.05) is 6.04 Å². The van der Waals surface area contributed by atoms with Gasteiger partial charge in [-0.2, -0.15) is 0 Å². The molecule has 1 aromatic rings. The van der Waals surface area contributed by atoms with Crippen LogP contribution < -0.4 is 5.73 Å². The van der Waals surface area contributed by atoms with Gasteiger partial charge in [0.2, 0.25) is 0 Å². The maximum Gasteiger partial charge on any atom is 0.0595 e. The van der Waals surface area contributed by atoms with Gasteiger partial charge in [0.05, 0.1) is 10.0 Å². The smallest absolute Gasteiger partial charge is 0.0595 e. The molecule has 1 nitrogen and oxygen atoms in total. The Labute approximate surface area is 88.8 Å². The summed E-state index contributed by atoms with van der Waals surface area (Å²) in [6.45, 7) is 2.00. The van der Waals surface area contributed by atoms with E-state index in [2.05, 4.69) is 0 Å². The highest BCUT2D eigenvalue weighted by atomic mass is 35.5. The van der Waals surface area contributed by atoms with Crippen LogP contribution in [0.1, 0.15) is 18.9 Å². The molecule has 0 fully saturated rings. The fraction of sp³-hybridized carbons (Fsp3) is 0.400. The van der Waals surface area contributed by atoms with Crippen LogP contribution in [0.4, 0.5) is 0 Å². The van der Waals surface area contributed by atoms with Crippen LogP contribution in [0.5, 0.6) is 0 Å². The lowest BCUT2D eigenvalue weighted by Crippen LogP contribution is -2.15. The van der Waals surface area contributed by atoms with E-state index in [1.165, 1.54) is 5.56 Å². The Kier molecular flexibility index (Phi) is 4.04. The van der Waals surface area contributed by atoms with Crippen LogP contribution in [-0.4, -0.2) is 6.04 Å². The highest BCUT2D eigenvalue weighted by Gasteiger charge is 2.00. The lowest BCUT2D eigenvalue weighted by Gasteiger charge is -2.05. The number of nitrogens with two attached hydrogens (primary N) is 1. The molecule has 0 saturated carbocycles. The molecule has 3 heteroatoms. The summed E-state index contributed by atoms with van der Waals surface area (Å²) >= 11 is 11.7. The summed E-state index contributed by atoms with van der Waals surface area (Å²) in [7, 11) is 0. The first-order valence-electron chi connectivity index (χ1n) is 4.29. The molecule has 0 heterocycles. The van der Waals surface area contributed by atoms with Crippen LogP contribution in [0.25, 0.3) is 0 Å². The van der Waals surface area contributed by atoms with E-state index in [1.54, 1.807) is 0 Å². The van der Waals surface area contributed by atoms with Crippen molar-refractivity contribution in [3.05, 3.63) is 33.8 Å². The minimum atomic E-state index is 0.231. The molecule has 2 N–H and O–H groups in total. The maximum atomic E-state index is 5.87. The largest absolute Gasteiger partial charge is 0.328 e. The Morgan fingerprint density at radius 1 is 1.31 bits per heavy atom. The first-order valence-corrected chi connectivity index (χ1v) is 5.04. The normalized spacial score (nSPS) is 12.9. The quantitative estimate of drug-likeness (QED) is 0.827. The molecule has 0 radical (unpaired) electrons. The van der Waals surface area contributed by atoms with Gasteiger partial charge in [0.15, 0.2) is 0 Å². The van der Waals surface area contributed by atoms with Crippen molar-refractivity contribution in [1.82, 2.24) is 0 Å². The van der Waals surface area contributed by atoms with Crippen molar-refractivity contribution >= 4 is 23.2 Å². The second kappa shape index (κ2) is 4.85. The highest BCUT2D eigenvalue weighted by molar-refractivity contribution is 6.42. The van der Waals surface area contributed by atoms with Gasteiger partial charge in [0.1, 0.15) is 0 Å². The van der Waals surface area contributed by atoms with Gasteiger partial charge in [-0.15, -0.1) is 0 Å². The molecule has 0 aliphatic rings. The fourth-order valence-corrected chi connectivity index (χ4v) is 1.41. The van der Waals surface area contributed by atoms with Gasteiger partial charge in [-0.05, 0) is 37.5 Å². The van der Waals surface area contributed by atoms with Gasteiger partial charge in [-0.25, -0.2) is 0 Å². The van der Waals surface area contributed by atoms with E-state index in [9.17, 15) is 0 Å². The van der Waals surface area contributed by atoms with Crippen molar-refractivity contribution in [2.45, 2.75) is 25.8 Å². The SMILES string of the molecule is CC(N)CCc1ccc(Cl)c(Cl)c1. The van der Waals surface area contributed by atoms with Crippen LogP contribution in [0.3, 0.4) is 0 Å². The molecule has 0 spiro atoms. The maximum absolute atomic E-state index is 5.87. The minimum absolute atomic E-state index is 0.231. The van der Waals surface area contributed by atoms with Gasteiger partial charge < -0.3 is 5.73 Å². The van der Waals surface area contributed by atoms with Crippen molar-refractivity contribution in [2.24, 2.45) is 5.73 Å². The van der Waals surface area contributed by atoms with E-state index in [0.29, 0.717) is 10.0 Å².